The average molecular weight is 356 g/mol. The third-order valence-corrected chi connectivity index (χ3v) is 4.18. The number of rotatable bonds is 5. The Kier molecular flexibility index (Phi) is 4.90. The van der Waals surface area contributed by atoms with E-state index in [0.29, 0.717) is 37.9 Å². The van der Waals surface area contributed by atoms with E-state index in [-0.39, 0.29) is 18.7 Å². The fourth-order valence-corrected chi connectivity index (χ4v) is 2.84. The minimum absolute atomic E-state index is 0.0986. The van der Waals surface area contributed by atoms with Crippen LogP contribution >= 0.6 is 0 Å². The molecule has 0 bridgehead atoms. The van der Waals surface area contributed by atoms with Crippen molar-refractivity contribution in [2.75, 3.05) is 31.9 Å². The van der Waals surface area contributed by atoms with Gasteiger partial charge in [0.15, 0.2) is 11.5 Å². The highest BCUT2D eigenvalue weighted by atomic mass is 16.7. The monoisotopic (exact) mass is 356 g/mol. The molecule has 26 heavy (non-hydrogen) atoms. The lowest BCUT2D eigenvalue weighted by atomic mass is 10.2. The number of morpholine rings is 1. The van der Waals surface area contributed by atoms with E-state index in [0.717, 1.165) is 17.0 Å². The second-order valence-electron chi connectivity index (χ2n) is 6.07. The van der Waals surface area contributed by atoms with Gasteiger partial charge in [0.1, 0.15) is 18.4 Å². The van der Waals surface area contributed by atoms with Crippen molar-refractivity contribution < 1.29 is 23.7 Å². The van der Waals surface area contributed by atoms with Crippen LogP contribution in [0.25, 0.3) is 0 Å². The van der Waals surface area contributed by atoms with Crippen LogP contribution in [-0.4, -0.2) is 38.5 Å². The van der Waals surface area contributed by atoms with Gasteiger partial charge in [0.05, 0.1) is 13.2 Å². The maximum absolute atomic E-state index is 12.3. The Morgan fingerprint density at radius 2 is 2.12 bits per heavy atom. The van der Waals surface area contributed by atoms with Crippen molar-refractivity contribution in [1.29, 1.82) is 0 Å². The summed E-state index contributed by atoms with van der Waals surface area (Å²) in [6.45, 7) is 2.33. The molecule has 1 fully saturated rings. The molecule has 2 N–H and O–H groups in total. The predicted octanol–water partition coefficient (Wildman–Crippen LogP) is 1.92. The zero-order valence-corrected chi connectivity index (χ0v) is 14.2. The molecule has 2 aliphatic rings. The van der Waals surface area contributed by atoms with Crippen molar-refractivity contribution >= 4 is 11.6 Å². The van der Waals surface area contributed by atoms with Crippen LogP contribution in [0.5, 0.6) is 17.2 Å². The first-order valence-corrected chi connectivity index (χ1v) is 8.51. The molecule has 136 valence electrons. The minimum atomic E-state index is -0.322. The molecular weight excluding hydrogens is 336 g/mol. The van der Waals surface area contributed by atoms with Crippen LogP contribution < -0.4 is 24.8 Å². The van der Waals surface area contributed by atoms with Gasteiger partial charge >= 0.3 is 0 Å². The molecule has 7 nitrogen and oxygen atoms in total. The summed E-state index contributed by atoms with van der Waals surface area (Å²) in [5.74, 6) is 2.01. The minimum Gasteiger partial charge on any atom is -0.489 e. The summed E-state index contributed by atoms with van der Waals surface area (Å²) in [7, 11) is 0. The lowest BCUT2D eigenvalue weighted by Crippen LogP contribution is -2.48. The number of ether oxygens (including phenoxy) is 4. The summed E-state index contributed by atoms with van der Waals surface area (Å²) in [6, 6.07) is 12.7. The van der Waals surface area contributed by atoms with E-state index in [1.165, 1.54) is 0 Å². The van der Waals surface area contributed by atoms with Gasteiger partial charge in [0, 0.05) is 18.3 Å². The van der Waals surface area contributed by atoms with Gasteiger partial charge in [-0.05, 0) is 29.8 Å². The van der Waals surface area contributed by atoms with Gasteiger partial charge in [0.2, 0.25) is 12.7 Å². The van der Waals surface area contributed by atoms with Gasteiger partial charge in [-0.15, -0.1) is 0 Å². The number of hydrogen-bond acceptors (Lipinski definition) is 6. The number of fused-ring (bicyclic) bond motifs is 1. The lowest BCUT2D eigenvalue weighted by Gasteiger charge is -2.23. The molecule has 0 spiro atoms. The van der Waals surface area contributed by atoms with E-state index in [4.69, 9.17) is 18.9 Å². The van der Waals surface area contributed by atoms with Crippen molar-refractivity contribution in [3.05, 3.63) is 48.0 Å². The predicted molar refractivity (Wildman–Crippen MR) is 94.6 cm³/mol. The molecule has 1 amide bonds. The number of carbonyl (C=O) groups excluding carboxylic acids is 1. The Bertz CT molecular complexity index is 789. The third-order valence-electron chi connectivity index (χ3n) is 4.18. The molecule has 1 unspecified atom stereocenters. The van der Waals surface area contributed by atoms with Crippen LogP contribution in [0.3, 0.4) is 0 Å². The first-order valence-electron chi connectivity index (χ1n) is 8.51. The highest BCUT2D eigenvalue weighted by Gasteiger charge is 2.21. The maximum atomic E-state index is 12.3. The third kappa shape index (κ3) is 3.89. The lowest BCUT2D eigenvalue weighted by molar-refractivity contribution is -0.120. The summed E-state index contributed by atoms with van der Waals surface area (Å²) in [4.78, 5) is 12.3. The van der Waals surface area contributed by atoms with Crippen LogP contribution in [0, 0.1) is 0 Å². The molecule has 0 radical (unpaired) electrons. The second-order valence-corrected chi connectivity index (χ2v) is 6.07. The van der Waals surface area contributed by atoms with Gasteiger partial charge in [-0.25, -0.2) is 0 Å². The van der Waals surface area contributed by atoms with E-state index < -0.39 is 0 Å². The smallest absolute Gasteiger partial charge is 0.243 e. The maximum Gasteiger partial charge on any atom is 0.243 e. The Balaban J connectivity index is 1.35. The summed E-state index contributed by atoms with van der Waals surface area (Å²) in [5.41, 5.74) is 1.68. The molecular formula is C19H20N2O5. The van der Waals surface area contributed by atoms with Crippen molar-refractivity contribution in [3.63, 3.8) is 0 Å². The topological polar surface area (TPSA) is 78.1 Å². The fourth-order valence-electron chi connectivity index (χ4n) is 2.84. The molecule has 2 heterocycles. The SMILES string of the molecule is O=C(Nc1cccc(COc2ccc3c(c2)OCO3)c1)C1COCCN1. The summed E-state index contributed by atoms with van der Waals surface area (Å²) in [5, 5.41) is 6.05. The van der Waals surface area contributed by atoms with Crippen LogP contribution in [0.2, 0.25) is 0 Å². The standard InChI is InChI=1S/C19H20N2O5/c22-19(16-11-23-7-6-20-16)21-14-3-1-2-13(8-14)10-24-15-4-5-17-18(9-15)26-12-25-17/h1-5,8-9,16,20H,6-7,10-12H2,(H,21,22). The quantitative estimate of drug-likeness (QED) is 0.852. The number of benzene rings is 2. The van der Waals surface area contributed by atoms with Crippen LogP contribution in [0.4, 0.5) is 5.69 Å². The first kappa shape index (κ1) is 16.7. The molecule has 2 aromatic carbocycles. The molecule has 0 aliphatic carbocycles. The molecule has 1 atom stereocenters. The van der Waals surface area contributed by atoms with Gasteiger partial charge < -0.3 is 29.6 Å². The Morgan fingerprint density at radius 1 is 1.19 bits per heavy atom. The van der Waals surface area contributed by atoms with Gasteiger partial charge in [0.25, 0.3) is 0 Å². The van der Waals surface area contributed by atoms with Gasteiger partial charge in [-0.3, -0.25) is 4.79 Å². The molecule has 1 saturated heterocycles. The number of carbonyl (C=O) groups is 1. The number of anilines is 1. The van der Waals surface area contributed by atoms with Crippen molar-refractivity contribution in [2.24, 2.45) is 0 Å². The van der Waals surface area contributed by atoms with E-state index in [2.05, 4.69) is 10.6 Å². The Hall–Kier alpha value is -2.77. The molecule has 2 aliphatic heterocycles. The molecule has 0 aromatic heterocycles. The number of hydrogen-bond donors (Lipinski definition) is 2. The van der Waals surface area contributed by atoms with Crippen LogP contribution in [-0.2, 0) is 16.1 Å². The zero-order valence-electron chi connectivity index (χ0n) is 14.2. The number of amides is 1. The highest BCUT2D eigenvalue weighted by molar-refractivity contribution is 5.95. The summed E-state index contributed by atoms with van der Waals surface area (Å²) in [6.07, 6.45) is 0. The first-order chi connectivity index (χ1) is 12.8. The van der Waals surface area contributed by atoms with Crippen molar-refractivity contribution in [1.82, 2.24) is 5.32 Å². The summed E-state index contributed by atoms with van der Waals surface area (Å²) < 4.78 is 21.8. The zero-order chi connectivity index (χ0) is 17.8. The van der Waals surface area contributed by atoms with Gasteiger partial charge in [-0.2, -0.15) is 0 Å². The Morgan fingerprint density at radius 3 is 3.00 bits per heavy atom. The molecule has 0 saturated carbocycles. The average Bonchev–Trinajstić information content (AvgIpc) is 3.15. The van der Waals surface area contributed by atoms with E-state index in [1.54, 1.807) is 0 Å². The van der Waals surface area contributed by atoms with E-state index in [1.807, 2.05) is 42.5 Å². The van der Waals surface area contributed by atoms with Crippen molar-refractivity contribution in [2.45, 2.75) is 12.6 Å². The van der Waals surface area contributed by atoms with E-state index >= 15 is 0 Å². The van der Waals surface area contributed by atoms with Gasteiger partial charge in [-0.1, -0.05) is 12.1 Å². The van der Waals surface area contributed by atoms with Crippen LogP contribution in [0.1, 0.15) is 5.56 Å². The summed E-state index contributed by atoms with van der Waals surface area (Å²) >= 11 is 0. The highest BCUT2D eigenvalue weighted by Crippen LogP contribution is 2.35. The fraction of sp³-hybridized carbons (Fsp3) is 0.316. The largest absolute Gasteiger partial charge is 0.489 e. The second kappa shape index (κ2) is 7.63. The van der Waals surface area contributed by atoms with Crippen molar-refractivity contribution in [3.8, 4) is 17.2 Å². The van der Waals surface area contributed by atoms with E-state index in [9.17, 15) is 4.79 Å². The Labute approximate surface area is 151 Å². The molecule has 2 aromatic rings. The number of nitrogens with one attached hydrogen (secondary N) is 2. The normalized spacial score (nSPS) is 18.4. The molecule has 4 rings (SSSR count). The molecule has 7 heteroatoms. The van der Waals surface area contributed by atoms with Crippen LogP contribution in [0.15, 0.2) is 42.5 Å².